The standard InChI is InChI=1S/C30H33BrN2O4/c1-21-8-10-23(11-9-21)16-17-32-29(35)30(20-25-6-3-4-7-27(25)31)22(2)37-28(33-30)24-12-14-26(15-13-24)36-19-5-18-34/h3-4,6-15,22,34H,5,16-20H2,1-2H3,(H,32,35)/t22-,30-/m1/s1. The molecule has 0 fully saturated rings. The molecule has 2 atom stereocenters. The molecule has 4 rings (SSSR count). The molecule has 1 amide bonds. The predicted molar refractivity (Wildman–Crippen MR) is 149 cm³/mol. The maximum absolute atomic E-state index is 13.8. The highest BCUT2D eigenvalue weighted by molar-refractivity contribution is 9.10. The van der Waals surface area contributed by atoms with Crippen LogP contribution >= 0.6 is 15.9 Å². The van der Waals surface area contributed by atoms with E-state index in [2.05, 4.69) is 52.4 Å². The van der Waals surface area contributed by atoms with E-state index in [0.29, 0.717) is 37.6 Å². The van der Waals surface area contributed by atoms with Crippen molar-refractivity contribution < 1.29 is 19.4 Å². The molecule has 2 N–H and O–H groups in total. The van der Waals surface area contributed by atoms with Crippen LogP contribution in [0.25, 0.3) is 0 Å². The topological polar surface area (TPSA) is 80.2 Å². The maximum Gasteiger partial charge on any atom is 0.252 e. The van der Waals surface area contributed by atoms with Gasteiger partial charge in [0.05, 0.1) is 6.61 Å². The summed E-state index contributed by atoms with van der Waals surface area (Å²) in [6.45, 7) is 5.01. The number of nitrogens with one attached hydrogen (secondary N) is 1. The molecule has 0 aromatic heterocycles. The van der Waals surface area contributed by atoms with E-state index in [1.807, 2.05) is 55.5 Å². The van der Waals surface area contributed by atoms with Gasteiger partial charge in [0, 0.05) is 36.0 Å². The number of hydrogen-bond acceptors (Lipinski definition) is 5. The van der Waals surface area contributed by atoms with E-state index < -0.39 is 11.6 Å². The maximum atomic E-state index is 13.8. The van der Waals surface area contributed by atoms with Gasteiger partial charge < -0.3 is 19.9 Å². The number of aliphatic imine (C=N–C) groups is 1. The van der Waals surface area contributed by atoms with E-state index in [1.165, 1.54) is 11.1 Å². The molecule has 6 nitrogen and oxygen atoms in total. The fourth-order valence-corrected chi connectivity index (χ4v) is 4.73. The molecule has 0 bridgehead atoms. The van der Waals surface area contributed by atoms with Gasteiger partial charge in [0.2, 0.25) is 5.90 Å². The second-order valence-corrected chi connectivity index (χ2v) is 10.2. The summed E-state index contributed by atoms with van der Waals surface area (Å²) >= 11 is 3.63. The molecular formula is C30H33BrN2O4. The third-order valence-electron chi connectivity index (χ3n) is 6.57. The number of rotatable bonds is 11. The highest BCUT2D eigenvalue weighted by Crippen LogP contribution is 2.34. The van der Waals surface area contributed by atoms with Gasteiger partial charge in [-0.25, -0.2) is 4.99 Å². The molecule has 1 aliphatic heterocycles. The van der Waals surface area contributed by atoms with Crippen molar-refractivity contribution in [3.63, 3.8) is 0 Å². The summed E-state index contributed by atoms with van der Waals surface area (Å²) in [4.78, 5) is 18.7. The molecular weight excluding hydrogens is 532 g/mol. The molecule has 1 aliphatic rings. The Kier molecular flexibility index (Phi) is 9.00. The van der Waals surface area contributed by atoms with Gasteiger partial charge in [-0.2, -0.15) is 0 Å². The van der Waals surface area contributed by atoms with Gasteiger partial charge in [-0.3, -0.25) is 4.79 Å². The summed E-state index contributed by atoms with van der Waals surface area (Å²) in [6, 6.07) is 23.7. The number of halogens is 1. The van der Waals surface area contributed by atoms with Gasteiger partial charge in [-0.05, 0) is 61.7 Å². The largest absolute Gasteiger partial charge is 0.494 e. The zero-order chi connectivity index (χ0) is 26.3. The van der Waals surface area contributed by atoms with Gasteiger partial charge >= 0.3 is 0 Å². The molecule has 7 heteroatoms. The lowest BCUT2D eigenvalue weighted by Crippen LogP contribution is -2.53. The van der Waals surface area contributed by atoms with E-state index in [4.69, 9.17) is 19.6 Å². The molecule has 0 aliphatic carbocycles. The Morgan fingerprint density at radius 2 is 1.84 bits per heavy atom. The number of nitrogens with zero attached hydrogens (tertiary/aromatic N) is 1. The second-order valence-electron chi connectivity index (χ2n) is 9.31. The fraction of sp³-hybridized carbons (Fsp3) is 0.333. The zero-order valence-corrected chi connectivity index (χ0v) is 22.8. The van der Waals surface area contributed by atoms with Gasteiger partial charge in [0.25, 0.3) is 5.91 Å². The van der Waals surface area contributed by atoms with Crippen LogP contribution in [0.1, 0.15) is 35.6 Å². The summed E-state index contributed by atoms with van der Waals surface area (Å²) in [5.74, 6) is 0.995. The zero-order valence-electron chi connectivity index (χ0n) is 21.2. The number of aryl methyl sites for hydroxylation is 1. The highest BCUT2D eigenvalue weighted by atomic mass is 79.9. The number of carbonyl (C=O) groups excluding carboxylic acids is 1. The van der Waals surface area contributed by atoms with Crippen LogP contribution in [0.4, 0.5) is 0 Å². The number of benzene rings is 3. The third-order valence-corrected chi connectivity index (χ3v) is 7.34. The highest BCUT2D eigenvalue weighted by Gasteiger charge is 2.50. The molecule has 0 spiro atoms. The Morgan fingerprint density at radius 3 is 2.54 bits per heavy atom. The van der Waals surface area contributed by atoms with E-state index in [-0.39, 0.29) is 12.5 Å². The van der Waals surface area contributed by atoms with Crippen LogP contribution in [0.5, 0.6) is 5.75 Å². The first-order valence-corrected chi connectivity index (χ1v) is 13.4. The van der Waals surface area contributed by atoms with Gasteiger partial charge in [-0.1, -0.05) is 64.0 Å². The predicted octanol–water partition coefficient (Wildman–Crippen LogP) is 5.02. The molecule has 0 radical (unpaired) electrons. The first-order chi connectivity index (χ1) is 17.9. The summed E-state index contributed by atoms with van der Waals surface area (Å²) in [6.07, 6.45) is 1.25. The van der Waals surface area contributed by atoms with Gasteiger partial charge in [-0.15, -0.1) is 0 Å². The van der Waals surface area contributed by atoms with E-state index >= 15 is 0 Å². The van der Waals surface area contributed by atoms with Crippen LogP contribution in [0, 0.1) is 6.92 Å². The Balaban J connectivity index is 1.56. The molecule has 37 heavy (non-hydrogen) atoms. The Bertz CT molecular complexity index is 1230. The normalized spacial score (nSPS) is 18.7. The van der Waals surface area contributed by atoms with Crippen molar-refractivity contribution in [1.29, 1.82) is 0 Å². The SMILES string of the molecule is Cc1ccc(CCNC(=O)[C@]2(Cc3ccccc3Br)N=C(c3ccc(OCCCO)cc3)O[C@@H]2C)cc1. The average molecular weight is 566 g/mol. The number of hydrogen-bond donors (Lipinski definition) is 2. The summed E-state index contributed by atoms with van der Waals surface area (Å²) in [5.41, 5.74) is 3.05. The summed E-state index contributed by atoms with van der Waals surface area (Å²) in [7, 11) is 0. The smallest absolute Gasteiger partial charge is 0.252 e. The summed E-state index contributed by atoms with van der Waals surface area (Å²) in [5, 5.41) is 12.1. The molecule has 0 unspecified atom stereocenters. The van der Waals surface area contributed by atoms with Crippen molar-refractivity contribution in [3.05, 3.63) is 99.5 Å². The Morgan fingerprint density at radius 1 is 1.11 bits per heavy atom. The molecule has 3 aromatic rings. The van der Waals surface area contributed by atoms with Crippen LogP contribution < -0.4 is 10.1 Å². The van der Waals surface area contributed by atoms with Crippen LogP contribution in [0.3, 0.4) is 0 Å². The number of aliphatic hydroxyl groups is 1. The lowest BCUT2D eigenvalue weighted by Gasteiger charge is -2.28. The van der Waals surface area contributed by atoms with Crippen LogP contribution in [0.15, 0.2) is 82.3 Å². The van der Waals surface area contributed by atoms with Crippen molar-refractivity contribution in [2.45, 2.75) is 44.8 Å². The minimum atomic E-state index is -1.11. The third kappa shape index (κ3) is 6.59. The van der Waals surface area contributed by atoms with Crippen LogP contribution in [-0.2, 0) is 22.4 Å². The number of amides is 1. The first kappa shape index (κ1) is 26.9. The van der Waals surface area contributed by atoms with E-state index in [0.717, 1.165) is 22.0 Å². The lowest BCUT2D eigenvalue weighted by molar-refractivity contribution is -0.128. The Hall–Kier alpha value is -3.16. The molecule has 0 saturated heterocycles. The van der Waals surface area contributed by atoms with Crippen molar-refractivity contribution in [2.75, 3.05) is 19.8 Å². The van der Waals surface area contributed by atoms with Gasteiger partial charge in [0.1, 0.15) is 11.9 Å². The monoisotopic (exact) mass is 564 g/mol. The summed E-state index contributed by atoms with van der Waals surface area (Å²) < 4.78 is 12.8. The minimum absolute atomic E-state index is 0.0906. The van der Waals surface area contributed by atoms with Crippen molar-refractivity contribution in [3.8, 4) is 5.75 Å². The van der Waals surface area contributed by atoms with E-state index in [9.17, 15) is 4.79 Å². The van der Waals surface area contributed by atoms with Crippen LogP contribution in [-0.4, -0.2) is 48.3 Å². The average Bonchev–Trinajstić information content (AvgIpc) is 3.24. The minimum Gasteiger partial charge on any atom is -0.494 e. The van der Waals surface area contributed by atoms with Crippen molar-refractivity contribution in [1.82, 2.24) is 5.32 Å². The fourth-order valence-electron chi connectivity index (χ4n) is 4.30. The van der Waals surface area contributed by atoms with E-state index in [1.54, 1.807) is 0 Å². The number of aliphatic hydroxyl groups excluding tert-OH is 1. The quantitative estimate of drug-likeness (QED) is 0.320. The Labute approximate surface area is 226 Å². The molecule has 0 saturated carbocycles. The molecule has 1 heterocycles. The number of ether oxygens (including phenoxy) is 2. The lowest BCUT2D eigenvalue weighted by atomic mass is 9.86. The molecule has 194 valence electrons. The van der Waals surface area contributed by atoms with Gasteiger partial charge in [0.15, 0.2) is 5.54 Å². The first-order valence-electron chi connectivity index (χ1n) is 12.6. The van der Waals surface area contributed by atoms with Crippen LogP contribution in [0.2, 0.25) is 0 Å². The van der Waals surface area contributed by atoms with Crippen molar-refractivity contribution >= 4 is 27.7 Å². The van der Waals surface area contributed by atoms with Crippen molar-refractivity contribution in [2.24, 2.45) is 4.99 Å². The second kappa shape index (κ2) is 12.4. The number of carbonyl (C=O) groups is 1. The molecule has 3 aromatic carbocycles.